The van der Waals surface area contributed by atoms with Crippen LogP contribution < -0.4 is 10.2 Å². The van der Waals surface area contributed by atoms with Gasteiger partial charge in [-0.1, -0.05) is 48.0 Å². The maximum Gasteiger partial charge on any atom is 0.224 e. The molecule has 26 heavy (non-hydrogen) atoms. The predicted octanol–water partition coefficient (Wildman–Crippen LogP) is 3.78. The number of rotatable bonds is 6. The van der Waals surface area contributed by atoms with Crippen LogP contribution in [0.2, 0.25) is 5.02 Å². The topological polar surface area (TPSA) is 58.6 Å². The fraction of sp³-hybridized carbons (Fsp3) is 0.300. The van der Waals surface area contributed by atoms with E-state index in [4.69, 9.17) is 16.3 Å². The summed E-state index contributed by atoms with van der Waals surface area (Å²) in [7, 11) is 0. The monoisotopic (exact) mass is 372 g/mol. The van der Waals surface area contributed by atoms with Crippen LogP contribution in [0.15, 0.2) is 48.5 Å². The minimum atomic E-state index is -0.203. The van der Waals surface area contributed by atoms with Crippen LogP contribution in [-0.2, 0) is 9.53 Å². The van der Waals surface area contributed by atoms with Crippen molar-refractivity contribution in [2.45, 2.75) is 12.8 Å². The molecular formula is C20H21ClN2O3. The molecule has 0 radical (unpaired) electrons. The number of amides is 1. The first kappa shape index (κ1) is 18.4. The van der Waals surface area contributed by atoms with Gasteiger partial charge in [0.1, 0.15) is 0 Å². The largest absolute Gasteiger partial charge is 0.378 e. The number of nitrogens with zero attached hydrogens (tertiary/aromatic N) is 1. The minimum Gasteiger partial charge on any atom is -0.378 e. The highest BCUT2D eigenvalue weighted by molar-refractivity contribution is 6.34. The Bertz CT molecular complexity index is 774. The summed E-state index contributed by atoms with van der Waals surface area (Å²) in [6, 6.07) is 14.4. The van der Waals surface area contributed by atoms with Gasteiger partial charge < -0.3 is 15.0 Å². The van der Waals surface area contributed by atoms with Gasteiger partial charge in [-0.05, 0) is 12.1 Å². The summed E-state index contributed by atoms with van der Waals surface area (Å²) in [6.45, 7) is 2.70. The lowest BCUT2D eigenvalue weighted by atomic mass is 10.1. The van der Waals surface area contributed by atoms with Crippen molar-refractivity contribution in [3.05, 3.63) is 59.1 Å². The molecule has 0 spiro atoms. The molecule has 0 bridgehead atoms. The van der Waals surface area contributed by atoms with Gasteiger partial charge in [0.05, 0.1) is 29.6 Å². The first-order valence-electron chi connectivity index (χ1n) is 8.64. The van der Waals surface area contributed by atoms with Gasteiger partial charge in [0.2, 0.25) is 5.91 Å². The van der Waals surface area contributed by atoms with Crippen molar-refractivity contribution in [2.24, 2.45) is 0 Å². The van der Waals surface area contributed by atoms with Gasteiger partial charge in [-0.25, -0.2) is 0 Å². The van der Waals surface area contributed by atoms with Crippen LogP contribution in [0.25, 0.3) is 0 Å². The van der Waals surface area contributed by atoms with Crippen LogP contribution >= 0.6 is 11.6 Å². The second-order valence-corrected chi connectivity index (χ2v) is 6.48. The molecule has 1 amide bonds. The highest BCUT2D eigenvalue weighted by Crippen LogP contribution is 2.34. The van der Waals surface area contributed by atoms with Gasteiger partial charge in [0.15, 0.2) is 5.78 Å². The first-order valence-corrected chi connectivity index (χ1v) is 9.02. The number of ketones is 1. The van der Waals surface area contributed by atoms with E-state index in [-0.39, 0.29) is 24.5 Å². The summed E-state index contributed by atoms with van der Waals surface area (Å²) >= 11 is 6.37. The lowest BCUT2D eigenvalue weighted by molar-refractivity contribution is -0.116. The Hall–Kier alpha value is -2.37. The van der Waals surface area contributed by atoms with Crippen LogP contribution in [0.5, 0.6) is 0 Å². The van der Waals surface area contributed by atoms with Crippen LogP contribution in [0.1, 0.15) is 23.2 Å². The third-order valence-electron chi connectivity index (χ3n) is 4.26. The van der Waals surface area contributed by atoms with Gasteiger partial charge in [0.25, 0.3) is 0 Å². The van der Waals surface area contributed by atoms with Crippen molar-refractivity contribution >= 4 is 34.7 Å². The highest BCUT2D eigenvalue weighted by Gasteiger charge is 2.19. The first-order chi connectivity index (χ1) is 12.6. The number of carbonyl (C=O) groups is 2. The van der Waals surface area contributed by atoms with Crippen molar-refractivity contribution in [2.75, 3.05) is 36.5 Å². The molecule has 3 rings (SSSR count). The molecule has 0 unspecified atom stereocenters. The number of anilines is 2. The third-order valence-corrected chi connectivity index (χ3v) is 4.57. The average Bonchev–Trinajstić information content (AvgIpc) is 2.67. The number of Topliss-reactive ketones (excluding diaryl/α,β-unsaturated/α-hetero) is 1. The Morgan fingerprint density at radius 2 is 1.73 bits per heavy atom. The Morgan fingerprint density at radius 3 is 2.46 bits per heavy atom. The molecule has 1 heterocycles. The molecule has 1 aliphatic heterocycles. The number of halogens is 1. The van der Waals surface area contributed by atoms with E-state index < -0.39 is 0 Å². The lowest BCUT2D eigenvalue weighted by Gasteiger charge is -2.31. The van der Waals surface area contributed by atoms with Gasteiger partial charge >= 0.3 is 0 Å². The van der Waals surface area contributed by atoms with Crippen molar-refractivity contribution < 1.29 is 14.3 Å². The van der Waals surface area contributed by atoms with E-state index in [1.54, 1.807) is 24.3 Å². The lowest BCUT2D eigenvalue weighted by Crippen LogP contribution is -2.37. The number of benzene rings is 2. The van der Waals surface area contributed by atoms with Crippen LogP contribution in [-0.4, -0.2) is 38.0 Å². The molecule has 6 heteroatoms. The quantitative estimate of drug-likeness (QED) is 0.784. The number of para-hydroxylation sites is 1. The Labute approximate surface area is 157 Å². The molecule has 0 aromatic heterocycles. The number of hydrogen-bond acceptors (Lipinski definition) is 4. The Balaban J connectivity index is 1.64. The van der Waals surface area contributed by atoms with Crippen LogP contribution in [0.4, 0.5) is 11.4 Å². The highest BCUT2D eigenvalue weighted by atomic mass is 35.5. The zero-order valence-electron chi connectivity index (χ0n) is 14.4. The molecule has 2 aromatic carbocycles. The van der Waals surface area contributed by atoms with Gasteiger partial charge in [0, 0.05) is 31.5 Å². The van der Waals surface area contributed by atoms with Crippen LogP contribution in [0, 0.1) is 0 Å². The van der Waals surface area contributed by atoms with Gasteiger partial charge in [-0.3, -0.25) is 9.59 Å². The van der Waals surface area contributed by atoms with E-state index in [0.717, 1.165) is 18.8 Å². The summed E-state index contributed by atoms with van der Waals surface area (Å²) in [6.07, 6.45) is 0.298. The Kier molecular flexibility index (Phi) is 6.26. The van der Waals surface area contributed by atoms with Crippen molar-refractivity contribution in [1.29, 1.82) is 0 Å². The number of morpholine rings is 1. The average molecular weight is 373 g/mol. The number of ether oxygens (including phenoxy) is 1. The molecule has 0 atom stereocenters. The molecule has 0 aliphatic carbocycles. The molecule has 1 fully saturated rings. The van der Waals surface area contributed by atoms with Gasteiger partial charge in [-0.2, -0.15) is 0 Å². The molecule has 1 aliphatic rings. The minimum absolute atomic E-state index is 0.0414. The molecule has 2 aromatic rings. The van der Waals surface area contributed by atoms with E-state index in [2.05, 4.69) is 10.2 Å². The summed E-state index contributed by atoms with van der Waals surface area (Å²) in [5, 5.41) is 3.49. The zero-order valence-corrected chi connectivity index (χ0v) is 15.2. The van der Waals surface area contributed by atoms with Crippen molar-refractivity contribution in [3.63, 3.8) is 0 Å². The SMILES string of the molecule is O=C(CCC(=O)c1ccccc1)Nc1cccc(Cl)c1N1CCOCC1. The fourth-order valence-electron chi connectivity index (χ4n) is 2.93. The van der Waals surface area contributed by atoms with E-state index in [1.807, 2.05) is 24.3 Å². The van der Waals surface area contributed by atoms with Crippen molar-refractivity contribution in [1.82, 2.24) is 0 Å². The van der Waals surface area contributed by atoms with Gasteiger partial charge in [-0.15, -0.1) is 0 Å². The molecule has 0 saturated carbocycles. The van der Waals surface area contributed by atoms with Crippen molar-refractivity contribution in [3.8, 4) is 0 Å². The second kappa shape index (κ2) is 8.83. The fourth-order valence-corrected chi connectivity index (χ4v) is 3.23. The molecule has 5 nitrogen and oxygen atoms in total. The zero-order chi connectivity index (χ0) is 18.4. The molecule has 136 valence electrons. The standard InChI is InChI=1S/C20H21ClN2O3/c21-16-7-4-8-17(20(16)23-11-13-26-14-12-23)22-19(25)10-9-18(24)15-5-2-1-3-6-15/h1-8H,9-14H2,(H,22,25). The maximum absolute atomic E-state index is 12.3. The summed E-state index contributed by atoms with van der Waals surface area (Å²) in [5.74, 6) is -0.244. The van der Waals surface area contributed by atoms with Crippen LogP contribution in [0.3, 0.4) is 0 Å². The van der Waals surface area contributed by atoms with E-state index in [1.165, 1.54) is 0 Å². The Morgan fingerprint density at radius 1 is 1.00 bits per heavy atom. The predicted molar refractivity (Wildman–Crippen MR) is 103 cm³/mol. The maximum atomic E-state index is 12.3. The van der Waals surface area contributed by atoms with E-state index in [9.17, 15) is 9.59 Å². The number of nitrogens with one attached hydrogen (secondary N) is 1. The molecular weight excluding hydrogens is 352 g/mol. The molecule has 1 N–H and O–H groups in total. The summed E-state index contributed by atoms with van der Waals surface area (Å²) in [4.78, 5) is 26.6. The molecule has 1 saturated heterocycles. The van der Waals surface area contributed by atoms with E-state index in [0.29, 0.717) is 29.5 Å². The normalized spacial score (nSPS) is 14.1. The third kappa shape index (κ3) is 4.62. The number of carbonyl (C=O) groups excluding carboxylic acids is 2. The summed E-state index contributed by atoms with van der Waals surface area (Å²) in [5.41, 5.74) is 2.09. The second-order valence-electron chi connectivity index (χ2n) is 6.07. The number of hydrogen-bond donors (Lipinski definition) is 1. The van der Waals surface area contributed by atoms with E-state index >= 15 is 0 Å². The summed E-state index contributed by atoms with van der Waals surface area (Å²) < 4.78 is 5.38. The smallest absolute Gasteiger partial charge is 0.224 e.